The molecule has 3 aliphatic rings. The molecule has 0 aromatic carbocycles. The van der Waals surface area contributed by atoms with Gasteiger partial charge >= 0.3 is 0 Å². The molecule has 1 aliphatic heterocycles. The van der Waals surface area contributed by atoms with Crippen molar-refractivity contribution in [1.82, 2.24) is 15.2 Å². The van der Waals surface area contributed by atoms with Crippen LogP contribution in [0.15, 0.2) is 5.38 Å². The Morgan fingerprint density at radius 2 is 1.88 bits per heavy atom. The smallest absolute Gasteiger partial charge is 0.225 e. The molecule has 4 rings (SSSR count). The van der Waals surface area contributed by atoms with Gasteiger partial charge in [-0.3, -0.25) is 9.59 Å². The van der Waals surface area contributed by atoms with Crippen LogP contribution in [0, 0.1) is 11.8 Å². The summed E-state index contributed by atoms with van der Waals surface area (Å²) in [5.41, 5.74) is 1.09. The number of amides is 2. The van der Waals surface area contributed by atoms with Gasteiger partial charge in [0.1, 0.15) is 0 Å². The Labute approximate surface area is 153 Å². The summed E-state index contributed by atoms with van der Waals surface area (Å²) in [5.74, 6) is 1.68. The number of rotatable bonds is 6. The molecule has 0 unspecified atom stereocenters. The van der Waals surface area contributed by atoms with Crippen molar-refractivity contribution in [2.24, 2.45) is 11.8 Å². The molecule has 5 nitrogen and oxygen atoms in total. The Morgan fingerprint density at radius 1 is 1.12 bits per heavy atom. The Kier molecular flexibility index (Phi) is 5.06. The molecule has 0 atom stereocenters. The average molecular weight is 362 g/mol. The minimum absolute atomic E-state index is 0.217. The van der Waals surface area contributed by atoms with Crippen molar-refractivity contribution < 1.29 is 9.59 Å². The molecule has 2 saturated carbocycles. The van der Waals surface area contributed by atoms with Gasteiger partial charge in [0.15, 0.2) is 0 Å². The average Bonchev–Trinajstić information content (AvgIpc) is 3.32. The van der Waals surface area contributed by atoms with Gasteiger partial charge in [-0.15, -0.1) is 11.3 Å². The lowest BCUT2D eigenvalue weighted by Crippen LogP contribution is -2.38. The first-order valence-electron chi connectivity index (χ1n) is 9.71. The first kappa shape index (κ1) is 17.0. The standard InChI is InChI=1S/C19H27N3O2S/c23-17(13-2-1-3-13)20-9-6-16-12-25-18(21-16)14-7-10-22(11-8-14)19(24)15-4-5-15/h12-15H,1-11H2,(H,20,23). The molecule has 6 heteroatoms. The van der Waals surface area contributed by atoms with E-state index in [4.69, 9.17) is 4.98 Å². The number of aromatic nitrogens is 1. The second kappa shape index (κ2) is 7.44. The Hall–Kier alpha value is -1.43. The van der Waals surface area contributed by atoms with E-state index < -0.39 is 0 Å². The molecule has 3 fully saturated rings. The van der Waals surface area contributed by atoms with Gasteiger partial charge in [0, 0.05) is 49.2 Å². The monoisotopic (exact) mass is 361 g/mol. The zero-order valence-electron chi connectivity index (χ0n) is 14.7. The van der Waals surface area contributed by atoms with Crippen LogP contribution in [0.1, 0.15) is 61.6 Å². The summed E-state index contributed by atoms with van der Waals surface area (Å²) < 4.78 is 0. The van der Waals surface area contributed by atoms with Crippen molar-refractivity contribution in [1.29, 1.82) is 0 Å². The van der Waals surface area contributed by atoms with Crippen molar-refractivity contribution in [3.8, 4) is 0 Å². The molecule has 25 heavy (non-hydrogen) atoms. The normalized spacial score (nSPS) is 21.8. The number of nitrogens with zero attached hydrogens (tertiary/aromatic N) is 2. The summed E-state index contributed by atoms with van der Waals surface area (Å²) >= 11 is 1.74. The quantitative estimate of drug-likeness (QED) is 0.847. The summed E-state index contributed by atoms with van der Waals surface area (Å²) in [6, 6.07) is 0. The Balaban J connectivity index is 1.21. The van der Waals surface area contributed by atoms with Gasteiger partial charge in [0.25, 0.3) is 0 Å². The van der Waals surface area contributed by atoms with Crippen molar-refractivity contribution in [3.05, 3.63) is 16.1 Å². The van der Waals surface area contributed by atoms with Crippen LogP contribution in [-0.4, -0.2) is 41.3 Å². The van der Waals surface area contributed by atoms with Gasteiger partial charge in [-0.25, -0.2) is 4.98 Å². The second-order valence-electron chi connectivity index (χ2n) is 7.72. The molecule has 0 bridgehead atoms. The lowest BCUT2D eigenvalue weighted by atomic mass is 9.85. The molecule has 2 aliphatic carbocycles. The van der Waals surface area contributed by atoms with Gasteiger partial charge in [-0.1, -0.05) is 6.42 Å². The molecule has 136 valence electrons. The molecule has 1 saturated heterocycles. The number of likely N-dealkylation sites (tertiary alicyclic amines) is 1. The van der Waals surface area contributed by atoms with Gasteiger partial charge in [-0.2, -0.15) is 0 Å². The molecular weight excluding hydrogens is 334 g/mol. The van der Waals surface area contributed by atoms with Crippen LogP contribution in [0.4, 0.5) is 0 Å². The van der Waals surface area contributed by atoms with E-state index in [2.05, 4.69) is 15.6 Å². The highest BCUT2D eigenvalue weighted by Gasteiger charge is 2.35. The number of carbonyl (C=O) groups is 2. The number of nitrogens with one attached hydrogen (secondary N) is 1. The maximum absolute atomic E-state index is 12.1. The first-order valence-corrected chi connectivity index (χ1v) is 10.6. The van der Waals surface area contributed by atoms with E-state index in [1.807, 2.05) is 0 Å². The minimum atomic E-state index is 0.217. The van der Waals surface area contributed by atoms with E-state index in [-0.39, 0.29) is 11.8 Å². The van der Waals surface area contributed by atoms with Gasteiger partial charge < -0.3 is 10.2 Å². The van der Waals surface area contributed by atoms with E-state index in [1.54, 1.807) is 11.3 Å². The van der Waals surface area contributed by atoms with E-state index in [9.17, 15) is 9.59 Å². The third-order valence-corrected chi connectivity index (χ3v) is 6.86. The number of carbonyl (C=O) groups excluding carboxylic acids is 2. The molecule has 1 aromatic heterocycles. The van der Waals surface area contributed by atoms with Crippen LogP contribution in [0.25, 0.3) is 0 Å². The molecule has 0 spiro atoms. The summed E-state index contributed by atoms with van der Waals surface area (Å²) in [6.07, 6.45) is 8.35. The van der Waals surface area contributed by atoms with Crippen molar-refractivity contribution >= 4 is 23.2 Å². The van der Waals surface area contributed by atoms with Crippen molar-refractivity contribution in [2.75, 3.05) is 19.6 Å². The number of hydrogen-bond donors (Lipinski definition) is 1. The maximum Gasteiger partial charge on any atom is 0.225 e. The van der Waals surface area contributed by atoms with Crippen LogP contribution >= 0.6 is 11.3 Å². The van der Waals surface area contributed by atoms with E-state index >= 15 is 0 Å². The predicted octanol–water partition coefficient (Wildman–Crippen LogP) is 2.72. The van der Waals surface area contributed by atoms with Crippen LogP contribution in [0.5, 0.6) is 0 Å². The summed E-state index contributed by atoms with van der Waals surface area (Å²) in [5, 5.41) is 6.38. The Bertz CT molecular complexity index is 628. The number of piperidine rings is 1. The van der Waals surface area contributed by atoms with Crippen molar-refractivity contribution in [2.45, 2.75) is 57.3 Å². The van der Waals surface area contributed by atoms with Crippen molar-refractivity contribution in [3.63, 3.8) is 0 Å². The summed E-state index contributed by atoms with van der Waals surface area (Å²) in [7, 11) is 0. The molecular formula is C19H27N3O2S. The lowest BCUT2D eigenvalue weighted by Gasteiger charge is -2.31. The molecule has 1 aromatic rings. The fourth-order valence-corrected chi connectivity index (χ4v) is 4.71. The van der Waals surface area contributed by atoms with Gasteiger partial charge in [-0.05, 0) is 38.5 Å². The van der Waals surface area contributed by atoms with Gasteiger partial charge in [0.2, 0.25) is 11.8 Å². The minimum Gasteiger partial charge on any atom is -0.355 e. The molecule has 0 radical (unpaired) electrons. The highest BCUT2D eigenvalue weighted by Crippen LogP contribution is 2.35. The lowest BCUT2D eigenvalue weighted by molar-refractivity contribution is -0.133. The van der Waals surface area contributed by atoms with Crippen LogP contribution < -0.4 is 5.32 Å². The van der Waals surface area contributed by atoms with E-state index in [1.165, 1.54) is 11.4 Å². The number of thiazole rings is 1. The van der Waals surface area contributed by atoms with Crippen LogP contribution in [0.2, 0.25) is 0 Å². The topological polar surface area (TPSA) is 62.3 Å². The van der Waals surface area contributed by atoms with Crippen LogP contribution in [0.3, 0.4) is 0 Å². The molecule has 2 amide bonds. The summed E-state index contributed by atoms with van der Waals surface area (Å²) in [4.78, 5) is 30.8. The fraction of sp³-hybridized carbons (Fsp3) is 0.737. The zero-order valence-corrected chi connectivity index (χ0v) is 15.5. The Morgan fingerprint density at radius 3 is 2.52 bits per heavy atom. The fourth-order valence-electron chi connectivity index (χ4n) is 3.69. The predicted molar refractivity (Wildman–Crippen MR) is 97.4 cm³/mol. The third-order valence-electron chi connectivity index (χ3n) is 5.81. The highest BCUT2D eigenvalue weighted by atomic mass is 32.1. The summed E-state index contributed by atoms with van der Waals surface area (Å²) in [6.45, 7) is 2.45. The largest absolute Gasteiger partial charge is 0.355 e. The highest BCUT2D eigenvalue weighted by molar-refractivity contribution is 7.09. The molecule has 1 N–H and O–H groups in total. The second-order valence-corrected chi connectivity index (χ2v) is 8.61. The van der Waals surface area contributed by atoms with E-state index in [0.717, 1.165) is 63.7 Å². The number of hydrogen-bond acceptors (Lipinski definition) is 4. The third kappa shape index (κ3) is 4.05. The van der Waals surface area contributed by atoms with Crippen LogP contribution in [-0.2, 0) is 16.0 Å². The van der Waals surface area contributed by atoms with E-state index in [0.29, 0.717) is 24.3 Å². The first-order chi connectivity index (χ1) is 12.2. The van der Waals surface area contributed by atoms with Gasteiger partial charge in [0.05, 0.1) is 10.7 Å². The maximum atomic E-state index is 12.1. The SMILES string of the molecule is O=C(NCCc1csc(C2CCN(C(=O)C3CC3)CC2)n1)C1CCC1. The zero-order chi connectivity index (χ0) is 17.2. The molecule has 2 heterocycles.